The Balaban J connectivity index is 2.91. The first-order valence-electron chi connectivity index (χ1n) is 5.72. The lowest BCUT2D eigenvalue weighted by Crippen LogP contribution is -2.40. The van der Waals surface area contributed by atoms with Crippen LogP contribution in [0.15, 0.2) is 23.4 Å². The van der Waals surface area contributed by atoms with Gasteiger partial charge in [0.2, 0.25) is 0 Å². The molecule has 0 radical (unpaired) electrons. The van der Waals surface area contributed by atoms with Gasteiger partial charge in [-0.15, -0.1) is 0 Å². The van der Waals surface area contributed by atoms with Crippen molar-refractivity contribution in [3.63, 3.8) is 0 Å². The number of halogens is 3. The van der Waals surface area contributed by atoms with Crippen molar-refractivity contribution in [1.29, 1.82) is 0 Å². The van der Waals surface area contributed by atoms with Crippen LogP contribution in [0.2, 0.25) is 0 Å². The smallest absolute Gasteiger partial charge is 0.400 e. The number of oxime groups is 1. The minimum atomic E-state index is -4.61. The number of nitrogens with one attached hydrogen (secondary N) is 1. The number of aryl methyl sites for hydroxylation is 1. The van der Waals surface area contributed by atoms with Gasteiger partial charge in [0, 0.05) is 6.54 Å². The van der Waals surface area contributed by atoms with Crippen molar-refractivity contribution in [2.45, 2.75) is 13.1 Å². The molecular formula is C12H16F3N3O2. The maximum absolute atomic E-state index is 12.8. The number of hydrogen-bond donors (Lipinski definition) is 3. The highest BCUT2D eigenvalue weighted by molar-refractivity contribution is 5.83. The van der Waals surface area contributed by atoms with Crippen molar-refractivity contribution in [2.75, 3.05) is 19.0 Å². The van der Waals surface area contributed by atoms with Crippen LogP contribution >= 0.6 is 0 Å². The predicted octanol–water partition coefficient (Wildman–Crippen LogP) is 2.34. The molecule has 0 heterocycles. The summed E-state index contributed by atoms with van der Waals surface area (Å²) >= 11 is 0. The number of alkyl halides is 3. The van der Waals surface area contributed by atoms with E-state index in [1.165, 1.54) is 7.11 Å². The van der Waals surface area contributed by atoms with Crippen LogP contribution in [0.1, 0.15) is 5.56 Å². The third-order valence-corrected chi connectivity index (χ3v) is 2.72. The molecule has 0 saturated heterocycles. The van der Waals surface area contributed by atoms with E-state index in [1.807, 2.05) is 0 Å². The monoisotopic (exact) mass is 291 g/mol. The van der Waals surface area contributed by atoms with Gasteiger partial charge >= 0.3 is 6.18 Å². The van der Waals surface area contributed by atoms with Crippen molar-refractivity contribution in [3.05, 3.63) is 23.8 Å². The Morgan fingerprint density at radius 3 is 2.65 bits per heavy atom. The molecule has 0 aliphatic carbocycles. The van der Waals surface area contributed by atoms with E-state index < -0.39 is 24.5 Å². The van der Waals surface area contributed by atoms with Gasteiger partial charge in [0.1, 0.15) is 11.7 Å². The van der Waals surface area contributed by atoms with Crippen LogP contribution in [-0.4, -0.2) is 30.9 Å². The van der Waals surface area contributed by atoms with Crippen molar-refractivity contribution in [3.8, 4) is 5.75 Å². The van der Waals surface area contributed by atoms with Gasteiger partial charge < -0.3 is 21.0 Å². The molecule has 112 valence electrons. The molecule has 5 nitrogen and oxygen atoms in total. The summed E-state index contributed by atoms with van der Waals surface area (Å²) in [4.78, 5) is 0. The fourth-order valence-electron chi connectivity index (χ4n) is 1.63. The average Bonchev–Trinajstić information content (AvgIpc) is 2.37. The van der Waals surface area contributed by atoms with Gasteiger partial charge in [0.15, 0.2) is 5.84 Å². The van der Waals surface area contributed by atoms with Crippen LogP contribution in [-0.2, 0) is 0 Å². The summed E-state index contributed by atoms with van der Waals surface area (Å²) in [5, 5.41) is 13.5. The first-order chi connectivity index (χ1) is 9.29. The van der Waals surface area contributed by atoms with Gasteiger partial charge in [-0.2, -0.15) is 13.2 Å². The number of nitrogens with zero attached hydrogens (tertiary/aromatic N) is 1. The molecule has 1 unspecified atom stereocenters. The largest absolute Gasteiger partial charge is 0.495 e. The van der Waals surface area contributed by atoms with E-state index in [4.69, 9.17) is 15.7 Å². The van der Waals surface area contributed by atoms with Crippen LogP contribution in [0.4, 0.5) is 18.9 Å². The lowest BCUT2D eigenvalue weighted by atomic mass is 10.1. The van der Waals surface area contributed by atoms with Crippen molar-refractivity contribution < 1.29 is 23.1 Å². The Labute approximate surface area is 114 Å². The topological polar surface area (TPSA) is 79.9 Å². The SMILES string of the molecule is COc1ccc(C)cc1NCC(/C(N)=N/O)C(F)(F)F. The summed E-state index contributed by atoms with van der Waals surface area (Å²) in [7, 11) is 1.42. The number of ether oxygens (including phenoxy) is 1. The van der Waals surface area contributed by atoms with E-state index in [2.05, 4.69) is 10.5 Å². The van der Waals surface area contributed by atoms with E-state index in [9.17, 15) is 13.2 Å². The van der Waals surface area contributed by atoms with Crippen LogP contribution in [0.3, 0.4) is 0 Å². The number of anilines is 1. The van der Waals surface area contributed by atoms with Crippen molar-refractivity contribution in [1.82, 2.24) is 0 Å². The van der Waals surface area contributed by atoms with Crippen LogP contribution in [0.5, 0.6) is 5.75 Å². The maximum atomic E-state index is 12.8. The number of hydrogen-bond acceptors (Lipinski definition) is 4. The van der Waals surface area contributed by atoms with E-state index in [-0.39, 0.29) is 0 Å². The Kier molecular flexibility index (Phi) is 5.06. The fraction of sp³-hybridized carbons (Fsp3) is 0.417. The molecule has 0 aliphatic rings. The Morgan fingerprint density at radius 2 is 2.15 bits per heavy atom. The molecule has 0 spiro atoms. The summed E-state index contributed by atoms with van der Waals surface area (Å²) in [6.45, 7) is 1.24. The summed E-state index contributed by atoms with van der Waals surface area (Å²) < 4.78 is 43.4. The number of nitrogens with two attached hydrogens (primary N) is 1. The second kappa shape index (κ2) is 6.36. The summed E-state index contributed by atoms with van der Waals surface area (Å²) in [6, 6.07) is 5.07. The van der Waals surface area contributed by atoms with E-state index in [0.29, 0.717) is 11.4 Å². The Hall–Kier alpha value is -2.12. The summed E-state index contributed by atoms with van der Waals surface area (Å²) in [5.41, 5.74) is 6.35. The molecule has 0 fully saturated rings. The number of methoxy groups -OCH3 is 1. The number of benzene rings is 1. The van der Waals surface area contributed by atoms with Crippen LogP contribution in [0, 0.1) is 12.8 Å². The molecule has 0 aromatic heterocycles. The minimum Gasteiger partial charge on any atom is -0.495 e. The Bertz CT molecular complexity index is 489. The van der Waals surface area contributed by atoms with Gasteiger partial charge in [0.05, 0.1) is 12.8 Å². The molecule has 0 bridgehead atoms. The van der Waals surface area contributed by atoms with Crippen LogP contribution < -0.4 is 15.8 Å². The lowest BCUT2D eigenvalue weighted by molar-refractivity contribution is -0.152. The zero-order chi connectivity index (χ0) is 15.3. The standard InChI is InChI=1S/C12H16F3N3O2/c1-7-3-4-10(20-2)9(5-7)17-6-8(11(16)18-19)12(13,14)15/h3-5,8,17,19H,6H2,1-2H3,(H2,16,18). The third kappa shape index (κ3) is 3.94. The Morgan fingerprint density at radius 1 is 1.50 bits per heavy atom. The van der Waals surface area contributed by atoms with Gasteiger partial charge in [-0.05, 0) is 24.6 Å². The second-order valence-corrected chi connectivity index (χ2v) is 4.20. The summed E-state index contributed by atoms with van der Waals surface area (Å²) in [5.74, 6) is -2.56. The second-order valence-electron chi connectivity index (χ2n) is 4.20. The molecular weight excluding hydrogens is 275 g/mol. The predicted molar refractivity (Wildman–Crippen MR) is 69.2 cm³/mol. The molecule has 0 aliphatic heterocycles. The van der Waals surface area contributed by atoms with Gasteiger partial charge in [0.25, 0.3) is 0 Å². The van der Waals surface area contributed by atoms with Gasteiger partial charge in [-0.1, -0.05) is 11.2 Å². The maximum Gasteiger partial charge on any atom is 0.400 e. The average molecular weight is 291 g/mol. The molecule has 0 amide bonds. The molecule has 1 aromatic rings. The molecule has 1 rings (SSSR count). The van der Waals surface area contributed by atoms with E-state index >= 15 is 0 Å². The quantitative estimate of drug-likeness (QED) is 0.337. The normalized spacial score (nSPS) is 13.9. The van der Waals surface area contributed by atoms with Gasteiger partial charge in [-0.3, -0.25) is 0 Å². The molecule has 4 N–H and O–H groups in total. The van der Waals surface area contributed by atoms with E-state index in [0.717, 1.165) is 5.56 Å². The molecule has 1 aromatic carbocycles. The van der Waals surface area contributed by atoms with E-state index in [1.54, 1.807) is 25.1 Å². The highest BCUT2D eigenvalue weighted by Crippen LogP contribution is 2.29. The van der Waals surface area contributed by atoms with Crippen molar-refractivity contribution in [2.24, 2.45) is 16.8 Å². The van der Waals surface area contributed by atoms with Gasteiger partial charge in [-0.25, -0.2) is 0 Å². The highest BCUT2D eigenvalue weighted by atomic mass is 19.4. The first-order valence-corrected chi connectivity index (χ1v) is 5.72. The van der Waals surface area contributed by atoms with Crippen LogP contribution in [0.25, 0.3) is 0 Å². The lowest BCUT2D eigenvalue weighted by Gasteiger charge is -2.20. The number of rotatable bonds is 5. The molecule has 0 saturated carbocycles. The third-order valence-electron chi connectivity index (χ3n) is 2.72. The fourth-order valence-corrected chi connectivity index (χ4v) is 1.63. The molecule has 20 heavy (non-hydrogen) atoms. The molecule has 8 heteroatoms. The minimum absolute atomic E-state index is 0.410. The first kappa shape index (κ1) is 15.9. The zero-order valence-electron chi connectivity index (χ0n) is 11.0. The number of amidine groups is 1. The highest BCUT2D eigenvalue weighted by Gasteiger charge is 2.42. The zero-order valence-corrected chi connectivity index (χ0v) is 11.0. The molecule has 1 atom stereocenters. The van der Waals surface area contributed by atoms with Crippen molar-refractivity contribution >= 4 is 11.5 Å². The summed E-state index contributed by atoms with van der Waals surface area (Å²) in [6.07, 6.45) is -4.61.